The predicted molar refractivity (Wildman–Crippen MR) is 164 cm³/mol. The van der Waals surface area contributed by atoms with E-state index in [1.165, 1.54) is 24.3 Å². The molecule has 1 saturated heterocycles. The Labute approximate surface area is 264 Å². The van der Waals surface area contributed by atoms with Gasteiger partial charge in [-0.1, -0.05) is 48.9 Å². The number of nitrogens with zero attached hydrogens (tertiary/aromatic N) is 3. The summed E-state index contributed by atoms with van der Waals surface area (Å²) in [5.41, 5.74) is 0.653. The number of hydrogen-bond donors (Lipinski definition) is 1. The Kier molecular flexibility index (Phi) is 9.43. The Bertz CT molecular complexity index is 1850. The van der Waals surface area contributed by atoms with Crippen molar-refractivity contribution in [3.63, 3.8) is 0 Å². The summed E-state index contributed by atoms with van der Waals surface area (Å²) < 4.78 is 25.2. The molecule has 10 nitrogen and oxygen atoms in total. The number of halogens is 3. The first-order chi connectivity index (χ1) is 21.1. The third-order valence-electron chi connectivity index (χ3n) is 6.18. The predicted octanol–water partition coefficient (Wildman–Crippen LogP) is 7.11. The smallest absolute Gasteiger partial charge is 0.339 e. The highest BCUT2D eigenvalue weighted by Crippen LogP contribution is 2.38. The van der Waals surface area contributed by atoms with E-state index < -0.39 is 41.3 Å². The van der Waals surface area contributed by atoms with Crippen LogP contribution in [0, 0.1) is 5.82 Å². The number of rotatable bonds is 9. The lowest BCUT2D eigenvalue weighted by Crippen LogP contribution is -2.36. The largest absolute Gasteiger partial charge is 0.462 e. The number of benzene rings is 3. The molecule has 4 aromatic rings. The maximum Gasteiger partial charge on any atom is 0.339 e. The van der Waals surface area contributed by atoms with Crippen LogP contribution in [0.2, 0.25) is 10.3 Å². The number of esters is 1. The fraction of sp³-hybridized carbons (Fsp3) is 0.133. The number of fused-ring (bicyclic) bond motifs is 1. The highest BCUT2D eigenvalue weighted by Gasteiger charge is 2.36. The number of carbonyl (C=O) groups excluding carboxylic acids is 4. The highest BCUT2D eigenvalue weighted by molar-refractivity contribution is 8.18. The van der Waals surface area contributed by atoms with Crippen LogP contribution in [0.3, 0.4) is 0 Å². The van der Waals surface area contributed by atoms with Crippen molar-refractivity contribution in [3.05, 3.63) is 92.9 Å². The van der Waals surface area contributed by atoms with E-state index in [1.54, 1.807) is 24.3 Å². The number of ether oxygens (including phenoxy) is 2. The molecule has 44 heavy (non-hydrogen) atoms. The van der Waals surface area contributed by atoms with Gasteiger partial charge in [0, 0.05) is 11.3 Å². The van der Waals surface area contributed by atoms with Gasteiger partial charge in [0.1, 0.15) is 12.3 Å². The quantitative estimate of drug-likeness (QED) is 0.114. The van der Waals surface area contributed by atoms with Gasteiger partial charge in [-0.15, -0.1) is 0 Å². The van der Waals surface area contributed by atoms with Crippen molar-refractivity contribution in [1.82, 2.24) is 14.9 Å². The zero-order valence-corrected chi connectivity index (χ0v) is 25.1. The summed E-state index contributed by atoms with van der Waals surface area (Å²) in [5, 5.41) is 3.23. The van der Waals surface area contributed by atoms with Gasteiger partial charge in [0.2, 0.25) is 17.0 Å². The zero-order chi connectivity index (χ0) is 31.4. The lowest BCUT2D eigenvalue weighted by atomic mass is 10.0. The van der Waals surface area contributed by atoms with Crippen LogP contribution in [0.25, 0.3) is 16.8 Å². The van der Waals surface area contributed by atoms with Crippen molar-refractivity contribution in [2.45, 2.75) is 13.3 Å². The maximum atomic E-state index is 14.4. The molecule has 1 aromatic heterocycles. The molecule has 0 spiro atoms. The lowest BCUT2D eigenvalue weighted by Gasteiger charge is -2.14. The van der Waals surface area contributed by atoms with Crippen molar-refractivity contribution in [2.24, 2.45) is 0 Å². The lowest BCUT2D eigenvalue weighted by molar-refractivity contribution is -0.127. The average molecular weight is 655 g/mol. The number of thioether (sulfide) groups is 1. The Morgan fingerprint density at radius 1 is 1.11 bits per heavy atom. The molecular weight excluding hydrogens is 634 g/mol. The van der Waals surface area contributed by atoms with Gasteiger partial charge in [-0.3, -0.25) is 19.3 Å². The van der Waals surface area contributed by atoms with Gasteiger partial charge in [0.05, 0.1) is 28.3 Å². The number of hydrogen-bond acceptors (Lipinski definition) is 9. The minimum Gasteiger partial charge on any atom is -0.462 e. The first kappa shape index (κ1) is 30.9. The van der Waals surface area contributed by atoms with E-state index in [0.717, 1.165) is 16.5 Å². The first-order valence-electron chi connectivity index (χ1n) is 13.0. The first-order valence-corrected chi connectivity index (χ1v) is 14.6. The van der Waals surface area contributed by atoms with Gasteiger partial charge in [-0.2, -0.15) is 9.37 Å². The topological polar surface area (TPSA) is 128 Å². The zero-order valence-electron chi connectivity index (χ0n) is 22.8. The fourth-order valence-corrected chi connectivity index (χ4v) is 5.30. The molecule has 0 unspecified atom stereocenters. The van der Waals surface area contributed by atoms with E-state index in [-0.39, 0.29) is 38.8 Å². The molecule has 14 heteroatoms. The molecule has 5 rings (SSSR count). The van der Waals surface area contributed by atoms with Gasteiger partial charge in [-0.25, -0.2) is 9.78 Å². The Morgan fingerprint density at radius 3 is 2.70 bits per heavy atom. The molecule has 3 amide bonds. The van der Waals surface area contributed by atoms with Crippen LogP contribution in [-0.2, 0) is 14.3 Å². The van der Waals surface area contributed by atoms with Crippen LogP contribution in [0.1, 0.15) is 29.3 Å². The standard InChI is InChI=1S/C30H21Cl2FN4O6S/c1-2-11-42-28(40)20-12-17(8-9-21(20)31)35-25(38)15-37-27(39)24(44-30(37)41)13-19-18-6-4-3-5-16(18)7-10-23(19)43-26-22(33)14-34-29(32)36-26/h3-10,12-14H,2,11,15H2,1H3,(H,35,38)/b24-13+. The van der Waals surface area contributed by atoms with E-state index in [2.05, 4.69) is 15.3 Å². The molecule has 0 bridgehead atoms. The van der Waals surface area contributed by atoms with Gasteiger partial charge < -0.3 is 14.8 Å². The molecule has 0 aliphatic carbocycles. The molecule has 2 heterocycles. The van der Waals surface area contributed by atoms with Crippen molar-refractivity contribution in [3.8, 4) is 11.6 Å². The molecule has 1 N–H and O–H groups in total. The molecule has 224 valence electrons. The van der Waals surface area contributed by atoms with E-state index in [1.807, 2.05) is 19.1 Å². The van der Waals surface area contributed by atoms with Crippen molar-refractivity contribution < 1.29 is 33.0 Å². The molecular formula is C30H21Cl2FN4O6S. The van der Waals surface area contributed by atoms with Gasteiger partial charge in [0.15, 0.2) is 0 Å². The SMILES string of the molecule is CCCOC(=O)c1cc(NC(=O)CN2C(=O)S/C(=C/c3c(Oc4nc(Cl)ncc4F)ccc4ccccc34)C2=O)ccc1Cl. The summed E-state index contributed by atoms with van der Waals surface area (Å²) in [6.07, 6.45) is 2.93. The second kappa shape index (κ2) is 13.4. The molecule has 3 aromatic carbocycles. The number of anilines is 1. The normalized spacial score (nSPS) is 13.9. The van der Waals surface area contributed by atoms with Crippen LogP contribution in [0.4, 0.5) is 14.9 Å². The van der Waals surface area contributed by atoms with Gasteiger partial charge in [-0.05, 0) is 70.9 Å². The summed E-state index contributed by atoms with van der Waals surface area (Å²) in [7, 11) is 0. The van der Waals surface area contributed by atoms with E-state index >= 15 is 0 Å². The molecule has 1 aliphatic heterocycles. The number of amides is 3. The number of nitrogens with one attached hydrogen (secondary N) is 1. The van der Waals surface area contributed by atoms with E-state index in [4.69, 9.17) is 32.7 Å². The number of carbonyl (C=O) groups is 4. The Hall–Kier alpha value is -4.52. The van der Waals surface area contributed by atoms with Crippen LogP contribution in [0.15, 0.2) is 65.7 Å². The maximum absolute atomic E-state index is 14.4. The fourth-order valence-electron chi connectivity index (χ4n) is 4.16. The molecule has 0 radical (unpaired) electrons. The highest BCUT2D eigenvalue weighted by atomic mass is 35.5. The third kappa shape index (κ3) is 6.83. The molecule has 0 atom stereocenters. The van der Waals surface area contributed by atoms with Crippen molar-refractivity contribution in [2.75, 3.05) is 18.5 Å². The minimum atomic E-state index is -0.856. The monoisotopic (exact) mass is 654 g/mol. The average Bonchev–Trinajstić information content (AvgIpc) is 3.26. The van der Waals surface area contributed by atoms with E-state index in [9.17, 15) is 23.6 Å². The second-order valence-electron chi connectivity index (χ2n) is 9.24. The van der Waals surface area contributed by atoms with Crippen molar-refractivity contribution >= 4 is 80.5 Å². The molecule has 0 saturated carbocycles. The summed E-state index contributed by atoms with van der Waals surface area (Å²) in [5.74, 6) is -3.20. The summed E-state index contributed by atoms with van der Waals surface area (Å²) in [6.45, 7) is 1.46. The third-order valence-corrected chi connectivity index (χ3v) is 7.60. The van der Waals surface area contributed by atoms with Crippen LogP contribution in [-0.4, -0.2) is 51.0 Å². The summed E-state index contributed by atoms with van der Waals surface area (Å²) >= 11 is 12.6. The molecule has 1 fully saturated rings. The second-order valence-corrected chi connectivity index (χ2v) is 11.0. The van der Waals surface area contributed by atoms with Gasteiger partial charge >= 0.3 is 5.97 Å². The Morgan fingerprint density at radius 2 is 1.91 bits per heavy atom. The van der Waals surface area contributed by atoms with Crippen LogP contribution >= 0.6 is 35.0 Å². The molecule has 1 aliphatic rings. The van der Waals surface area contributed by atoms with E-state index in [0.29, 0.717) is 29.1 Å². The number of aromatic nitrogens is 2. The van der Waals surface area contributed by atoms with Crippen LogP contribution in [0.5, 0.6) is 11.6 Å². The minimum absolute atomic E-state index is 0.0117. The summed E-state index contributed by atoms with van der Waals surface area (Å²) in [6, 6.07) is 14.8. The Balaban J connectivity index is 1.38. The summed E-state index contributed by atoms with van der Waals surface area (Å²) in [4.78, 5) is 59.4. The number of imide groups is 1. The van der Waals surface area contributed by atoms with Crippen molar-refractivity contribution in [1.29, 1.82) is 0 Å². The van der Waals surface area contributed by atoms with Crippen LogP contribution < -0.4 is 10.1 Å². The van der Waals surface area contributed by atoms with Gasteiger partial charge in [0.25, 0.3) is 17.0 Å².